The van der Waals surface area contributed by atoms with Gasteiger partial charge in [-0.3, -0.25) is 9.20 Å². The summed E-state index contributed by atoms with van der Waals surface area (Å²) in [5.41, 5.74) is 1.12. The van der Waals surface area contributed by atoms with E-state index in [0.29, 0.717) is 10.7 Å². The largest absolute Gasteiger partial charge is 0.279 e. The molecule has 2 heterocycles. The van der Waals surface area contributed by atoms with Crippen molar-refractivity contribution in [2.75, 3.05) is 0 Å². The number of thiazole rings is 1. The standard InChI is InChI=1S/C16H17N3O3S2/c1-10-9-23-16-17-12(3)14(15(20)19(10)16)24(21,22)18-11(2)13-7-5-4-6-8-13/h4-9,11,18H,1-3H3/t11-/m0/s1. The van der Waals surface area contributed by atoms with Crippen molar-refractivity contribution in [1.29, 1.82) is 0 Å². The number of nitrogens with one attached hydrogen (secondary N) is 1. The summed E-state index contributed by atoms with van der Waals surface area (Å²) in [5, 5.41) is 1.78. The summed E-state index contributed by atoms with van der Waals surface area (Å²) < 4.78 is 29.4. The number of aryl methyl sites for hydroxylation is 2. The van der Waals surface area contributed by atoms with Crippen LogP contribution in [0.25, 0.3) is 4.96 Å². The lowest BCUT2D eigenvalue weighted by molar-refractivity contribution is 0.563. The molecule has 3 aromatic rings. The normalized spacial score (nSPS) is 13.3. The van der Waals surface area contributed by atoms with E-state index in [2.05, 4.69) is 9.71 Å². The number of hydrogen-bond acceptors (Lipinski definition) is 5. The van der Waals surface area contributed by atoms with Gasteiger partial charge >= 0.3 is 0 Å². The van der Waals surface area contributed by atoms with E-state index in [1.54, 1.807) is 19.2 Å². The van der Waals surface area contributed by atoms with E-state index >= 15 is 0 Å². The molecule has 0 unspecified atom stereocenters. The first-order valence-electron chi connectivity index (χ1n) is 7.36. The molecule has 24 heavy (non-hydrogen) atoms. The quantitative estimate of drug-likeness (QED) is 0.772. The van der Waals surface area contributed by atoms with Crippen molar-refractivity contribution >= 4 is 26.3 Å². The fourth-order valence-corrected chi connectivity index (χ4v) is 4.96. The SMILES string of the molecule is Cc1nc2scc(C)n2c(=O)c1S(=O)(=O)N[C@@H](C)c1ccccc1. The van der Waals surface area contributed by atoms with Crippen LogP contribution in [0.2, 0.25) is 0 Å². The zero-order chi connectivity index (χ0) is 17.5. The first-order valence-corrected chi connectivity index (χ1v) is 9.72. The van der Waals surface area contributed by atoms with Gasteiger partial charge in [0.05, 0.1) is 5.69 Å². The van der Waals surface area contributed by atoms with Gasteiger partial charge in [0.1, 0.15) is 0 Å². The Morgan fingerprint density at radius 1 is 1.21 bits per heavy atom. The van der Waals surface area contributed by atoms with Gasteiger partial charge in [0, 0.05) is 17.1 Å². The monoisotopic (exact) mass is 363 g/mol. The molecule has 0 fully saturated rings. The predicted molar refractivity (Wildman–Crippen MR) is 94.0 cm³/mol. The highest BCUT2D eigenvalue weighted by Crippen LogP contribution is 2.19. The molecule has 126 valence electrons. The molecule has 0 spiro atoms. The molecule has 6 nitrogen and oxygen atoms in total. The summed E-state index contributed by atoms with van der Waals surface area (Å²) in [6, 6.07) is 8.73. The Labute approximate surface area is 143 Å². The highest BCUT2D eigenvalue weighted by molar-refractivity contribution is 7.89. The van der Waals surface area contributed by atoms with Crippen molar-refractivity contribution < 1.29 is 8.42 Å². The maximum absolute atomic E-state index is 12.8. The molecule has 0 saturated carbocycles. The van der Waals surface area contributed by atoms with E-state index in [9.17, 15) is 13.2 Å². The first-order chi connectivity index (χ1) is 11.3. The second-order valence-electron chi connectivity index (χ2n) is 5.58. The Hall–Kier alpha value is -2.03. The van der Waals surface area contributed by atoms with E-state index in [-0.39, 0.29) is 10.6 Å². The molecule has 0 radical (unpaired) electrons. The van der Waals surface area contributed by atoms with Crippen LogP contribution in [0.15, 0.2) is 45.4 Å². The predicted octanol–water partition coefficient (Wildman–Crippen LogP) is 2.41. The zero-order valence-corrected chi connectivity index (χ0v) is 15.1. The Kier molecular flexibility index (Phi) is 4.29. The van der Waals surface area contributed by atoms with E-state index in [1.165, 1.54) is 22.7 Å². The highest BCUT2D eigenvalue weighted by atomic mass is 32.2. The van der Waals surface area contributed by atoms with Crippen molar-refractivity contribution in [3.8, 4) is 0 Å². The number of sulfonamides is 1. The number of aromatic nitrogens is 2. The third-order valence-electron chi connectivity index (χ3n) is 3.77. The fraction of sp³-hybridized carbons (Fsp3) is 0.250. The summed E-state index contributed by atoms with van der Waals surface area (Å²) in [6.45, 7) is 5.03. The molecule has 0 saturated heterocycles. The summed E-state index contributed by atoms with van der Waals surface area (Å²) >= 11 is 1.31. The second kappa shape index (κ2) is 6.12. The minimum Gasteiger partial charge on any atom is -0.267 e. The summed E-state index contributed by atoms with van der Waals surface area (Å²) in [7, 11) is -4.00. The molecule has 0 aliphatic heterocycles. The van der Waals surface area contributed by atoms with Crippen LogP contribution in [0.5, 0.6) is 0 Å². The highest BCUT2D eigenvalue weighted by Gasteiger charge is 2.26. The van der Waals surface area contributed by atoms with Crippen LogP contribution in [-0.2, 0) is 10.0 Å². The Morgan fingerprint density at radius 2 is 1.88 bits per heavy atom. The molecular formula is C16H17N3O3S2. The summed E-state index contributed by atoms with van der Waals surface area (Å²) in [5.74, 6) is 0. The van der Waals surface area contributed by atoms with E-state index in [4.69, 9.17) is 0 Å². The number of benzene rings is 1. The van der Waals surface area contributed by atoms with Crippen molar-refractivity contribution in [1.82, 2.24) is 14.1 Å². The summed E-state index contributed by atoms with van der Waals surface area (Å²) in [6.07, 6.45) is 0. The Bertz CT molecular complexity index is 1050. The molecular weight excluding hydrogens is 346 g/mol. The molecule has 0 aliphatic rings. The van der Waals surface area contributed by atoms with Crippen LogP contribution in [0.3, 0.4) is 0 Å². The molecule has 1 atom stereocenters. The minimum absolute atomic E-state index is 0.203. The lowest BCUT2D eigenvalue weighted by Crippen LogP contribution is -2.34. The minimum atomic E-state index is -4.00. The smallest absolute Gasteiger partial charge is 0.267 e. The molecule has 2 aromatic heterocycles. The van der Waals surface area contributed by atoms with E-state index in [0.717, 1.165) is 5.56 Å². The molecule has 1 aromatic carbocycles. The van der Waals surface area contributed by atoms with E-state index in [1.807, 2.05) is 30.3 Å². The lowest BCUT2D eigenvalue weighted by atomic mass is 10.1. The lowest BCUT2D eigenvalue weighted by Gasteiger charge is -2.15. The average Bonchev–Trinajstić information content (AvgIpc) is 2.88. The maximum atomic E-state index is 12.8. The maximum Gasteiger partial charge on any atom is 0.279 e. The van der Waals surface area contributed by atoms with Gasteiger partial charge < -0.3 is 0 Å². The van der Waals surface area contributed by atoms with Crippen molar-refractivity contribution in [3.63, 3.8) is 0 Å². The van der Waals surface area contributed by atoms with Gasteiger partial charge in [-0.05, 0) is 26.3 Å². The van der Waals surface area contributed by atoms with Gasteiger partial charge in [-0.15, -0.1) is 11.3 Å². The van der Waals surface area contributed by atoms with Crippen LogP contribution >= 0.6 is 11.3 Å². The topological polar surface area (TPSA) is 80.5 Å². The van der Waals surface area contributed by atoms with Crippen molar-refractivity contribution in [3.05, 3.63) is 63.0 Å². The van der Waals surface area contributed by atoms with Gasteiger partial charge in [0.2, 0.25) is 10.0 Å². The molecule has 8 heteroatoms. The van der Waals surface area contributed by atoms with Crippen LogP contribution in [0.1, 0.15) is 29.9 Å². The van der Waals surface area contributed by atoms with Gasteiger partial charge in [-0.25, -0.2) is 18.1 Å². The molecule has 0 bridgehead atoms. The molecule has 1 N–H and O–H groups in total. The van der Waals surface area contributed by atoms with Crippen molar-refractivity contribution in [2.24, 2.45) is 0 Å². The Morgan fingerprint density at radius 3 is 2.54 bits per heavy atom. The fourth-order valence-electron chi connectivity index (χ4n) is 2.58. The van der Waals surface area contributed by atoms with Crippen LogP contribution in [0.4, 0.5) is 0 Å². The number of nitrogens with zero attached hydrogens (tertiary/aromatic N) is 2. The van der Waals surface area contributed by atoms with E-state index < -0.39 is 21.6 Å². The van der Waals surface area contributed by atoms with Crippen LogP contribution < -0.4 is 10.3 Å². The zero-order valence-electron chi connectivity index (χ0n) is 13.5. The summed E-state index contributed by atoms with van der Waals surface area (Å²) in [4.78, 5) is 17.2. The number of rotatable bonds is 4. The number of fused-ring (bicyclic) bond motifs is 1. The van der Waals surface area contributed by atoms with Crippen LogP contribution in [0, 0.1) is 13.8 Å². The van der Waals surface area contributed by atoms with Gasteiger partial charge in [-0.1, -0.05) is 30.3 Å². The Balaban J connectivity index is 2.09. The molecule has 0 aliphatic carbocycles. The van der Waals surface area contributed by atoms with Crippen LogP contribution in [-0.4, -0.2) is 17.8 Å². The first kappa shape index (κ1) is 16.8. The van der Waals surface area contributed by atoms with Gasteiger partial charge in [0.15, 0.2) is 9.86 Å². The third kappa shape index (κ3) is 2.88. The van der Waals surface area contributed by atoms with Crippen molar-refractivity contribution in [2.45, 2.75) is 31.7 Å². The van der Waals surface area contributed by atoms with Gasteiger partial charge in [-0.2, -0.15) is 0 Å². The second-order valence-corrected chi connectivity index (χ2v) is 8.07. The average molecular weight is 363 g/mol. The molecule has 0 amide bonds. The number of hydrogen-bond donors (Lipinski definition) is 1. The van der Waals surface area contributed by atoms with Gasteiger partial charge in [0.25, 0.3) is 5.56 Å². The third-order valence-corrected chi connectivity index (χ3v) is 6.38. The molecule has 3 rings (SSSR count).